The third kappa shape index (κ3) is 3.78. The lowest BCUT2D eigenvalue weighted by Gasteiger charge is -2.19. The van der Waals surface area contributed by atoms with E-state index in [0.717, 1.165) is 23.1 Å². The zero-order chi connectivity index (χ0) is 15.2. The van der Waals surface area contributed by atoms with E-state index in [2.05, 4.69) is 38.1 Å². The van der Waals surface area contributed by atoms with E-state index in [1.165, 1.54) is 0 Å². The fourth-order valence-electron chi connectivity index (χ4n) is 1.85. The maximum Gasteiger partial charge on any atom is 0.261 e. The Morgan fingerprint density at radius 2 is 2.10 bits per heavy atom. The van der Waals surface area contributed by atoms with Gasteiger partial charge in [0.1, 0.15) is 5.82 Å². The lowest BCUT2D eigenvalue weighted by Crippen LogP contribution is -2.27. The van der Waals surface area contributed by atoms with Gasteiger partial charge in [-0.1, -0.05) is 6.92 Å². The Morgan fingerprint density at radius 1 is 1.38 bits per heavy atom. The van der Waals surface area contributed by atoms with Crippen molar-refractivity contribution < 1.29 is 4.79 Å². The second-order valence-electron chi connectivity index (χ2n) is 4.55. The number of nitrogens with one attached hydrogen (secondary N) is 1. The molecule has 0 saturated heterocycles. The largest absolute Gasteiger partial charge is 0.369 e. The monoisotopic (exact) mass is 348 g/mol. The molecule has 0 spiro atoms. The van der Waals surface area contributed by atoms with E-state index in [1.807, 2.05) is 0 Å². The summed E-state index contributed by atoms with van der Waals surface area (Å²) in [5, 5.41) is 3.19. The van der Waals surface area contributed by atoms with Crippen molar-refractivity contribution in [2.75, 3.05) is 23.8 Å². The Bertz CT molecular complexity index is 618. The minimum Gasteiger partial charge on any atom is -0.369 e. The van der Waals surface area contributed by atoms with Crippen LogP contribution in [0.15, 0.2) is 41.3 Å². The summed E-state index contributed by atoms with van der Waals surface area (Å²) in [4.78, 5) is 22.5. The van der Waals surface area contributed by atoms with Crippen molar-refractivity contribution in [3.63, 3.8) is 0 Å². The Labute approximate surface area is 132 Å². The molecular formula is C15H17BrN4O. The number of pyridine rings is 2. The van der Waals surface area contributed by atoms with Crippen molar-refractivity contribution in [3.8, 4) is 0 Å². The van der Waals surface area contributed by atoms with E-state index in [4.69, 9.17) is 0 Å². The highest BCUT2D eigenvalue weighted by Crippen LogP contribution is 2.22. The minimum absolute atomic E-state index is 0.117. The van der Waals surface area contributed by atoms with Gasteiger partial charge < -0.3 is 10.2 Å². The second-order valence-corrected chi connectivity index (χ2v) is 5.46. The van der Waals surface area contributed by atoms with E-state index < -0.39 is 0 Å². The van der Waals surface area contributed by atoms with Crippen LogP contribution in [-0.4, -0.2) is 29.5 Å². The number of rotatable bonds is 5. The predicted molar refractivity (Wildman–Crippen MR) is 87.7 cm³/mol. The Kier molecular flexibility index (Phi) is 5.27. The highest BCUT2D eigenvalue weighted by molar-refractivity contribution is 9.10. The van der Waals surface area contributed by atoms with Crippen LogP contribution in [0.25, 0.3) is 0 Å². The molecule has 0 aliphatic heterocycles. The molecule has 2 heterocycles. The summed E-state index contributed by atoms with van der Waals surface area (Å²) >= 11 is 3.37. The lowest BCUT2D eigenvalue weighted by atomic mass is 10.2. The first-order valence-corrected chi connectivity index (χ1v) is 7.50. The molecule has 0 radical (unpaired) electrons. The van der Waals surface area contributed by atoms with Gasteiger partial charge in [-0.3, -0.25) is 9.78 Å². The molecule has 0 saturated carbocycles. The first-order valence-electron chi connectivity index (χ1n) is 6.71. The number of halogens is 1. The summed E-state index contributed by atoms with van der Waals surface area (Å²) in [6, 6.07) is 5.37. The van der Waals surface area contributed by atoms with Crippen LogP contribution in [0.2, 0.25) is 0 Å². The first kappa shape index (κ1) is 15.4. The molecule has 0 aromatic carbocycles. The number of nitrogens with zero attached hydrogens (tertiary/aromatic N) is 3. The van der Waals surface area contributed by atoms with Gasteiger partial charge in [0, 0.05) is 42.3 Å². The van der Waals surface area contributed by atoms with Crippen molar-refractivity contribution in [2.24, 2.45) is 0 Å². The number of aromatic nitrogens is 2. The molecule has 1 amide bonds. The fourth-order valence-corrected chi connectivity index (χ4v) is 2.18. The molecular weight excluding hydrogens is 332 g/mol. The number of anilines is 2. The number of amides is 1. The smallest absolute Gasteiger partial charge is 0.261 e. The third-order valence-electron chi connectivity index (χ3n) is 2.98. The van der Waals surface area contributed by atoms with Crippen LogP contribution in [0.3, 0.4) is 0 Å². The highest BCUT2D eigenvalue weighted by atomic mass is 79.9. The van der Waals surface area contributed by atoms with E-state index in [-0.39, 0.29) is 5.91 Å². The van der Waals surface area contributed by atoms with Gasteiger partial charge in [0.2, 0.25) is 0 Å². The van der Waals surface area contributed by atoms with Crippen LogP contribution in [-0.2, 0) is 0 Å². The molecule has 2 aromatic rings. The Morgan fingerprint density at radius 3 is 2.76 bits per heavy atom. The van der Waals surface area contributed by atoms with Crippen molar-refractivity contribution in [2.45, 2.75) is 13.3 Å². The Hall–Kier alpha value is -1.95. The zero-order valence-corrected chi connectivity index (χ0v) is 13.6. The van der Waals surface area contributed by atoms with Crippen LogP contribution in [0.5, 0.6) is 0 Å². The number of hydrogen-bond acceptors (Lipinski definition) is 4. The van der Waals surface area contributed by atoms with Gasteiger partial charge in [0.15, 0.2) is 0 Å². The Balaban J connectivity index is 2.31. The van der Waals surface area contributed by atoms with Crippen LogP contribution < -0.4 is 10.2 Å². The van der Waals surface area contributed by atoms with E-state index in [0.29, 0.717) is 11.4 Å². The molecule has 5 nitrogen and oxygen atoms in total. The average molecular weight is 349 g/mol. The summed E-state index contributed by atoms with van der Waals surface area (Å²) < 4.78 is 0.774. The molecule has 2 rings (SSSR count). The number of carbonyl (C=O) groups excluding carboxylic acids is 1. The maximum absolute atomic E-state index is 12.7. The molecule has 21 heavy (non-hydrogen) atoms. The van der Waals surface area contributed by atoms with Crippen molar-refractivity contribution in [1.82, 2.24) is 9.97 Å². The molecule has 0 aliphatic carbocycles. The van der Waals surface area contributed by atoms with Gasteiger partial charge in [-0.05, 0) is 40.5 Å². The van der Waals surface area contributed by atoms with E-state index >= 15 is 0 Å². The van der Waals surface area contributed by atoms with E-state index in [9.17, 15) is 4.79 Å². The number of carbonyl (C=O) groups is 1. The van der Waals surface area contributed by atoms with Gasteiger partial charge in [0.05, 0.1) is 5.56 Å². The summed E-state index contributed by atoms with van der Waals surface area (Å²) in [5.74, 6) is 0.486. The van der Waals surface area contributed by atoms with Gasteiger partial charge in [-0.15, -0.1) is 0 Å². The average Bonchev–Trinajstić information content (AvgIpc) is 2.53. The van der Waals surface area contributed by atoms with Crippen molar-refractivity contribution in [3.05, 3.63) is 46.8 Å². The quantitative estimate of drug-likeness (QED) is 0.900. The topological polar surface area (TPSA) is 58.1 Å². The first-order chi connectivity index (χ1) is 10.1. The molecule has 110 valence electrons. The van der Waals surface area contributed by atoms with E-state index in [1.54, 1.807) is 48.7 Å². The van der Waals surface area contributed by atoms with Crippen LogP contribution in [0.1, 0.15) is 23.7 Å². The third-order valence-corrected chi connectivity index (χ3v) is 3.42. The minimum atomic E-state index is -0.117. The SMILES string of the molecule is CCCNc1ncc(Br)cc1C(=O)N(C)c1ccncc1. The highest BCUT2D eigenvalue weighted by Gasteiger charge is 2.18. The van der Waals surface area contributed by atoms with Crippen molar-refractivity contribution >= 4 is 33.3 Å². The van der Waals surface area contributed by atoms with Gasteiger partial charge in [-0.25, -0.2) is 4.98 Å². The standard InChI is InChI=1S/C15H17BrN4O/c1-3-6-18-14-13(9-11(16)10-19-14)15(21)20(2)12-4-7-17-8-5-12/h4-5,7-10H,3,6H2,1-2H3,(H,18,19). The van der Waals surface area contributed by atoms with Crippen LogP contribution in [0, 0.1) is 0 Å². The fraction of sp³-hybridized carbons (Fsp3) is 0.267. The predicted octanol–water partition coefficient (Wildman–Crippen LogP) is 3.34. The van der Waals surface area contributed by atoms with Gasteiger partial charge >= 0.3 is 0 Å². The summed E-state index contributed by atoms with van der Waals surface area (Å²) in [5.41, 5.74) is 1.33. The molecule has 0 unspecified atom stereocenters. The molecule has 0 atom stereocenters. The molecule has 1 N–H and O–H groups in total. The summed E-state index contributed by atoms with van der Waals surface area (Å²) in [6.45, 7) is 2.84. The summed E-state index contributed by atoms with van der Waals surface area (Å²) in [7, 11) is 1.74. The van der Waals surface area contributed by atoms with Crippen LogP contribution >= 0.6 is 15.9 Å². The molecule has 2 aromatic heterocycles. The molecule has 0 bridgehead atoms. The summed E-state index contributed by atoms with van der Waals surface area (Å²) in [6.07, 6.45) is 5.97. The molecule has 6 heteroatoms. The van der Waals surface area contributed by atoms with Crippen molar-refractivity contribution in [1.29, 1.82) is 0 Å². The molecule has 0 aliphatic rings. The lowest BCUT2D eigenvalue weighted by molar-refractivity contribution is 0.0993. The number of hydrogen-bond donors (Lipinski definition) is 1. The van der Waals surface area contributed by atoms with Gasteiger partial charge in [-0.2, -0.15) is 0 Å². The second kappa shape index (κ2) is 7.17. The molecule has 0 fully saturated rings. The maximum atomic E-state index is 12.7. The zero-order valence-electron chi connectivity index (χ0n) is 12.0. The van der Waals surface area contributed by atoms with Gasteiger partial charge in [0.25, 0.3) is 5.91 Å². The normalized spacial score (nSPS) is 10.2. The van der Waals surface area contributed by atoms with Crippen LogP contribution in [0.4, 0.5) is 11.5 Å².